The van der Waals surface area contributed by atoms with E-state index in [9.17, 15) is 13.2 Å². The van der Waals surface area contributed by atoms with E-state index in [2.05, 4.69) is 15.5 Å². The van der Waals surface area contributed by atoms with Crippen LogP contribution in [0, 0.1) is 0 Å². The lowest BCUT2D eigenvalue weighted by Crippen LogP contribution is -2.35. The maximum atomic E-state index is 13.1. The molecule has 8 nitrogen and oxygen atoms in total. The Hall–Kier alpha value is -3.07. The maximum absolute atomic E-state index is 13.1. The summed E-state index contributed by atoms with van der Waals surface area (Å²) in [6.45, 7) is 0.583. The zero-order valence-corrected chi connectivity index (χ0v) is 15.4. The van der Waals surface area contributed by atoms with Gasteiger partial charge in [-0.2, -0.15) is 0 Å². The minimum Gasteiger partial charge on any atom is -0.308 e. The number of aromatic nitrogens is 4. The smallest absolute Gasteiger partial charge is 0.258 e. The van der Waals surface area contributed by atoms with Crippen LogP contribution in [0.3, 0.4) is 0 Å². The van der Waals surface area contributed by atoms with E-state index in [1.807, 2.05) is 6.07 Å². The number of aryl methyl sites for hydroxylation is 1. The molecular weight excluding hydrogens is 366 g/mol. The van der Waals surface area contributed by atoms with Gasteiger partial charge in [0.15, 0.2) is 9.84 Å². The van der Waals surface area contributed by atoms with E-state index in [4.69, 9.17) is 0 Å². The van der Waals surface area contributed by atoms with Crippen LogP contribution in [0.4, 0.5) is 5.69 Å². The fourth-order valence-corrected chi connectivity index (χ4v) is 3.90. The molecule has 138 valence electrons. The Bertz CT molecular complexity index is 1110. The highest BCUT2D eigenvalue weighted by Crippen LogP contribution is 2.30. The second-order valence-corrected chi connectivity index (χ2v) is 8.44. The van der Waals surface area contributed by atoms with E-state index in [-0.39, 0.29) is 10.8 Å². The lowest BCUT2D eigenvalue weighted by molar-refractivity contribution is 0.0985. The van der Waals surface area contributed by atoms with Crippen molar-refractivity contribution in [2.45, 2.75) is 17.7 Å². The number of sulfone groups is 1. The van der Waals surface area contributed by atoms with Crippen LogP contribution in [0.1, 0.15) is 22.3 Å². The monoisotopic (exact) mass is 383 g/mol. The Morgan fingerprint density at radius 3 is 2.74 bits per heavy atom. The summed E-state index contributed by atoms with van der Waals surface area (Å²) < 4.78 is 25.1. The summed E-state index contributed by atoms with van der Waals surface area (Å²) >= 11 is 0. The highest BCUT2D eigenvalue weighted by molar-refractivity contribution is 7.90. The molecule has 27 heavy (non-hydrogen) atoms. The van der Waals surface area contributed by atoms with Crippen LogP contribution in [0.25, 0.3) is 5.69 Å². The fourth-order valence-electron chi connectivity index (χ4n) is 3.23. The predicted octanol–water partition coefficient (Wildman–Crippen LogP) is 1.66. The van der Waals surface area contributed by atoms with Gasteiger partial charge in [0.05, 0.1) is 10.6 Å². The van der Waals surface area contributed by atoms with E-state index < -0.39 is 9.84 Å². The number of anilines is 1. The minimum atomic E-state index is -3.28. The zero-order chi connectivity index (χ0) is 19.0. The Morgan fingerprint density at radius 1 is 1.15 bits per heavy atom. The average Bonchev–Trinajstić information content (AvgIpc) is 3.21. The highest BCUT2D eigenvalue weighted by atomic mass is 32.2. The van der Waals surface area contributed by atoms with Crippen LogP contribution in [0.5, 0.6) is 0 Å². The van der Waals surface area contributed by atoms with Gasteiger partial charge in [-0.25, -0.2) is 13.1 Å². The molecule has 0 spiro atoms. The Labute approximate surface area is 156 Å². The van der Waals surface area contributed by atoms with Crippen molar-refractivity contribution in [2.24, 2.45) is 0 Å². The Morgan fingerprint density at radius 2 is 2.00 bits per heavy atom. The van der Waals surface area contributed by atoms with Crippen LogP contribution in [-0.4, -0.2) is 47.3 Å². The van der Waals surface area contributed by atoms with Gasteiger partial charge in [-0.05, 0) is 65.2 Å². The van der Waals surface area contributed by atoms with Crippen molar-refractivity contribution in [2.75, 3.05) is 17.7 Å². The fraction of sp³-hybridized carbons (Fsp3) is 0.222. The zero-order valence-electron chi connectivity index (χ0n) is 14.6. The van der Waals surface area contributed by atoms with E-state index in [0.29, 0.717) is 17.8 Å². The largest absolute Gasteiger partial charge is 0.308 e. The molecule has 0 N–H and O–H groups in total. The molecule has 0 fully saturated rings. The minimum absolute atomic E-state index is 0.141. The second kappa shape index (κ2) is 6.58. The number of hydrogen-bond donors (Lipinski definition) is 0. The van der Waals surface area contributed by atoms with Gasteiger partial charge in [0.1, 0.15) is 6.33 Å². The van der Waals surface area contributed by atoms with Crippen molar-refractivity contribution >= 4 is 21.4 Å². The third-order valence-electron chi connectivity index (χ3n) is 4.55. The van der Waals surface area contributed by atoms with Gasteiger partial charge in [-0.1, -0.05) is 6.07 Å². The molecular formula is C18H17N5O3S. The summed E-state index contributed by atoms with van der Waals surface area (Å²) in [6.07, 6.45) is 4.17. The van der Waals surface area contributed by atoms with Crippen LogP contribution in [0.2, 0.25) is 0 Å². The molecule has 0 aliphatic carbocycles. The molecule has 0 saturated heterocycles. The van der Waals surface area contributed by atoms with Gasteiger partial charge >= 0.3 is 0 Å². The summed E-state index contributed by atoms with van der Waals surface area (Å²) in [5.41, 5.74) is 2.83. The second-order valence-electron chi connectivity index (χ2n) is 6.43. The molecule has 0 atom stereocenters. The summed E-state index contributed by atoms with van der Waals surface area (Å²) in [4.78, 5) is 15.1. The summed E-state index contributed by atoms with van der Waals surface area (Å²) in [5.74, 6) is -0.141. The molecule has 0 bridgehead atoms. The topological polar surface area (TPSA) is 98.1 Å². The van der Waals surface area contributed by atoms with Gasteiger partial charge in [0.25, 0.3) is 5.91 Å². The Balaban J connectivity index is 1.69. The number of carbonyl (C=O) groups is 1. The van der Waals surface area contributed by atoms with Crippen molar-refractivity contribution < 1.29 is 13.2 Å². The third kappa shape index (κ3) is 3.33. The normalized spacial score (nSPS) is 14.0. The van der Waals surface area contributed by atoms with Crippen molar-refractivity contribution in [1.29, 1.82) is 0 Å². The van der Waals surface area contributed by atoms with Crippen LogP contribution in [0.15, 0.2) is 53.7 Å². The Kier molecular flexibility index (Phi) is 4.23. The first kappa shape index (κ1) is 17.3. The van der Waals surface area contributed by atoms with E-state index in [0.717, 1.165) is 24.1 Å². The predicted molar refractivity (Wildman–Crippen MR) is 98.7 cm³/mol. The van der Waals surface area contributed by atoms with E-state index in [1.54, 1.807) is 41.3 Å². The summed E-state index contributed by atoms with van der Waals surface area (Å²) in [5, 5.41) is 11.1. The van der Waals surface area contributed by atoms with E-state index in [1.165, 1.54) is 17.3 Å². The maximum Gasteiger partial charge on any atom is 0.258 e. The number of nitrogens with zero attached hydrogens (tertiary/aromatic N) is 5. The van der Waals surface area contributed by atoms with Crippen LogP contribution < -0.4 is 4.90 Å². The van der Waals surface area contributed by atoms with Crippen molar-refractivity contribution in [3.63, 3.8) is 0 Å². The molecule has 4 rings (SSSR count). The molecule has 2 aromatic carbocycles. The molecule has 3 aromatic rings. The quantitative estimate of drug-likeness (QED) is 0.682. The third-order valence-corrected chi connectivity index (χ3v) is 5.66. The number of amides is 1. The summed E-state index contributed by atoms with van der Waals surface area (Å²) in [6, 6.07) is 12.0. The van der Waals surface area contributed by atoms with Crippen molar-refractivity contribution in [3.05, 3.63) is 59.9 Å². The number of benzene rings is 2. The number of carbonyl (C=O) groups excluding carboxylic acids is 1. The van der Waals surface area contributed by atoms with E-state index >= 15 is 0 Å². The van der Waals surface area contributed by atoms with Gasteiger partial charge in [-0.3, -0.25) is 4.79 Å². The first-order valence-electron chi connectivity index (χ1n) is 8.42. The van der Waals surface area contributed by atoms with Crippen molar-refractivity contribution in [1.82, 2.24) is 20.2 Å². The SMILES string of the molecule is CS(=O)(=O)c1ccc2c(c1)CCCN2C(=O)c1cccc(-n2cnnn2)c1. The standard InChI is InChI=1S/C18H17N5O3S/c1-27(25,26)16-7-8-17-13(11-16)5-3-9-22(17)18(24)14-4-2-6-15(10-14)23-12-19-20-21-23/h2,4,6-8,10-12H,3,5,9H2,1H3. The summed E-state index contributed by atoms with van der Waals surface area (Å²) in [7, 11) is -3.28. The number of hydrogen-bond acceptors (Lipinski definition) is 6. The molecule has 1 aliphatic rings. The molecule has 9 heteroatoms. The van der Waals surface area contributed by atoms with Crippen molar-refractivity contribution in [3.8, 4) is 5.69 Å². The molecule has 0 saturated carbocycles. The molecule has 1 amide bonds. The highest BCUT2D eigenvalue weighted by Gasteiger charge is 2.25. The van der Waals surface area contributed by atoms with Gasteiger partial charge in [-0.15, -0.1) is 5.10 Å². The van der Waals surface area contributed by atoms with Gasteiger partial charge in [0.2, 0.25) is 0 Å². The number of tetrazole rings is 1. The number of fused-ring (bicyclic) bond motifs is 1. The van der Waals surface area contributed by atoms with Crippen LogP contribution >= 0.6 is 0 Å². The first-order chi connectivity index (χ1) is 12.9. The van der Waals surface area contributed by atoms with Gasteiger partial charge < -0.3 is 4.90 Å². The van der Waals surface area contributed by atoms with Crippen LogP contribution in [-0.2, 0) is 16.3 Å². The molecule has 0 radical (unpaired) electrons. The number of rotatable bonds is 3. The molecule has 1 aromatic heterocycles. The lowest BCUT2D eigenvalue weighted by atomic mass is 10.0. The van der Waals surface area contributed by atoms with Gasteiger partial charge in [0, 0.05) is 24.1 Å². The molecule has 2 heterocycles. The average molecular weight is 383 g/mol. The first-order valence-corrected chi connectivity index (χ1v) is 10.3. The lowest BCUT2D eigenvalue weighted by Gasteiger charge is -2.30. The molecule has 0 unspecified atom stereocenters. The molecule has 1 aliphatic heterocycles.